The van der Waals surface area contributed by atoms with Gasteiger partial charge < -0.3 is 5.32 Å². The van der Waals surface area contributed by atoms with E-state index in [1.807, 2.05) is 18.2 Å². The molecule has 0 aliphatic heterocycles. The Labute approximate surface area is 126 Å². The maximum Gasteiger partial charge on any atom is 0.240 e. The Morgan fingerprint density at radius 3 is 2.95 bits per heavy atom. The Morgan fingerprint density at radius 1 is 1.29 bits per heavy atom. The number of aromatic nitrogens is 3. The van der Waals surface area contributed by atoms with Gasteiger partial charge in [-0.3, -0.25) is 10.4 Å². The van der Waals surface area contributed by atoms with Crippen molar-refractivity contribution in [3.8, 4) is 0 Å². The first-order chi connectivity index (χ1) is 10.3. The molecule has 0 fully saturated rings. The maximum atomic E-state index is 5.43. The number of rotatable bonds is 5. The standard InChI is InChI=1S/C14H16N6S/c1-9-8-11-12(18-14(20-15)19-13(11)21-9)17-7-5-10-4-2-3-6-16-10/h2-4,6,8H,5,7,15H2,1H3,(H2,17,18,19,20). The van der Waals surface area contributed by atoms with Crippen LogP contribution >= 0.6 is 11.3 Å². The monoisotopic (exact) mass is 300 g/mol. The average Bonchev–Trinajstić information content (AvgIpc) is 2.88. The Balaban J connectivity index is 1.79. The molecular formula is C14H16N6S. The van der Waals surface area contributed by atoms with Gasteiger partial charge in [0.1, 0.15) is 10.6 Å². The molecular weight excluding hydrogens is 284 g/mol. The molecule has 6 nitrogen and oxygen atoms in total. The minimum absolute atomic E-state index is 0.421. The highest BCUT2D eigenvalue weighted by atomic mass is 32.1. The number of nitrogens with one attached hydrogen (secondary N) is 2. The zero-order chi connectivity index (χ0) is 14.7. The van der Waals surface area contributed by atoms with Crippen molar-refractivity contribution in [2.45, 2.75) is 13.3 Å². The number of hydrogen-bond acceptors (Lipinski definition) is 7. The van der Waals surface area contributed by atoms with Crippen molar-refractivity contribution in [1.29, 1.82) is 0 Å². The van der Waals surface area contributed by atoms with Crippen LogP contribution in [0.2, 0.25) is 0 Å². The number of fused-ring (bicyclic) bond motifs is 1. The van der Waals surface area contributed by atoms with Gasteiger partial charge in [-0.05, 0) is 25.1 Å². The maximum absolute atomic E-state index is 5.43. The van der Waals surface area contributed by atoms with Crippen molar-refractivity contribution in [3.63, 3.8) is 0 Å². The predicted octanol–water partition coefficient (Wildman–Crippen LogP) is 2.33. The van der Waals surface area contributed by atoms with Crippen LogP contribution in [0.15, 0.2) is 30.5 Å². The topological polar surface area (TPSA) is 88.8 Å². The third-order valence-electron chi connectivity index (χ3n) is 3.04. The molecule has 0 unspecified atom stereocenters. The molecule has 0 aliphatic rings. The number of nitrogens with two attached hydrogens (primary N) is 1. The lowest BCUT2D eigenvalue weighted by molar-refractivity contribution is 0.954. The first-order valence-electron chi connectivity index (χ1n) is 6.65. The molecule has 0 saturated carbocycles. The van der Waals surface area contributed by atoms with Crippen molar-refractivity contribution in [2.75, 3.05) is 17.3 Å². The first kappa shape index (κ1) is 13.7. The number of aryl methyl sites for hydroxylation is 1. The van der Waals surface area contributed by atoms with Crippen molar-refractivity contribution < 1.29 is 0 Å². The molecule has 4 N–H and O–H groups in total. The van der Waals surface area contributed by atoms with Crippen LogP contribution in [0.25, 0.3) is 10.2 Å². The molecule has 0 radical (unpaired) electrons. The third kappa shape index (κ3) is 3.09. The number of nitrogens with zero attached hydrogens (tertiary/aromatic N) is 3. The summed E-state index contributed by atoms with van der Waals surface area (Å²) in [6.07, 6.45) is 2.64. The van der Waals surface area contributed by atoms with Crippen LogP contribution in [0.1, 0.15) is 10.6 Å². The van der Waals surface area contributed by atoms with Gasteiger partial charge in [0.05, 0.1) is 5.39 Å². The molecule has 0 atom stereocenters. The largest absolute Gasteiger partial charge is 0.369 e. The van der Waals surface area contributed by atoms with E-state index in [1.165, 1.54) is 4.88 Å². The summed E-state index contributed by atoms with van der Waals surface area (Å²) in [5, 5.41) is 4.37. The summed E-state index contributed by atoms with van der Waals surface area (Å²) in [5.74, 6) is 6.65. The Bertz CT molecular complexity index is 740. The second-order valence-corrected chi connectivity index (χ2v) is 5.85. The van der Waals surface area contributed by atoms with E-state index >= 15 is 0 Å². The molecule has 0 aromatic carbocycles. The van der Waals surface area contributed by atoms with E-state index in [1.54, 1.807) is 17.5 Å². The summed E-state index contributed by atoms with van der Waals surface area (Å²) < 4.78 is 0. The number of hydrogen-bond donors (Lipinski definition) is 3. The van der Waals surface area contributed by atoms with E-state index in [4.69, 9.17) is 5.84 Å². The molecule has 21 heavy (non-hydrogen) atoms. The van der Waals surface area contributed by atoms with Gasteiger partial charge in [-0.2, -0.15) is 4.98 Å². The fraction of sp³-hybridized carbons (Fsp3) is 0.214. The molecule has 0 bridgehead atoms. The normalized spacial score (nSPS) is 10.8. The summed E-state index contributed by atoms with van der Waals surface area (Å²) in [7, 11) is 0. The number of hydrazine groups is 1. The van der Waals surface area contributed by atoms with E-state index < -0.39 is 0 Å². The van der Waals surface area contributed by atoms with E-state index in [0.717, 1.165) is 34.7 Å². The molecule has 3 aromatic heterocycles. The van der Waals surface area contributed by atoms with Gasteiger partial charge in [0.2, 0.25) is 5.95 Å². The van der Waals surface area contributed by atoms with Gasteiger partial charge in [0.15, 0.2) is 0 Å². The van der Waals surface area contributed by atoms with Crippen molar-refractivity contribution in [3.05, 3.63) is 41.0 Å². The van der Waals surface area contributed by atoms with E-state index in [9.17, 15) is 0 Å². The zero-order valence-corrected chi connectivity index (χ0v) is 12.4. The molecule has 7 heteroatoms. The average molecular weight is 300 g/mol. The summed E-state index contributed by atoms with van der Waals surface area (Å²) >= 11 is 1.63. The highest BCUT2D eigenvalue weighted by Gasteiger charge is 2.09. The quantitative estimate of drug-likeness (QED) is 0.495. The van der Waals surface area contributed by atoms with Gasteiger partial charge in [-0.1, -0.05) is 6.07 Å². The van der Waals surface area contributed by atoms with E-state index in [2.05, 4.69) is 38.7 Å². The van der Waals surface area contributed by atoms with Crippen LogP contribution in [0.4, 0.5) is 11.8 Å². The van der Waals surface area contributed by atoms with Gasteiger partial charge in [-0.15, -0.1) is 11.3 Å². The van der Waals surface area contributed by atoms with Crippen LogP contribution < -0.4 is 16.6 Å². The molecule has 0 aliphatic carbocycles. The first-order valence-corrected chi connectivity index (χ1v) is 7.46. The number of anilines is 2. The van der Waals surface area contributed by atoms with Crippen molar-refractivity contribution in [2.24, 2.45) is 5.84 Å². The van der Waals surface area contributed by atoms with Crippen molar-refractivity contribution >= 4 is 33.3 Å². The van der Waals surface area contributed by atoms with Crippen LogP contribution in [-0.4, -0.2) is 21.5 Å². The molecule has 108 valence electrons. The summed E-state index contributed by atoms with van der Waals surface area (Å²) in [6.45, 7) is 2.81. The predicted molar refractivity (Wildman–Crippen MR) is 86.4 cm³/mol. The fourth-order valence-electron chi connectivity index (χ4n) is 2.10. The van der Waals surface area contributed by atoms with Gasteiger partial charge in [0.25, 0.3) is 0 Å². The fourth-order valence-corrected chi connectivity index (χ4v) is 2.98. The summed E-state index contributed by atoms with van der Waals surface area (Å²) in [5.41, 5.74) is 3.56. The van der Waals surface area contributed by atoms with Gasteiger partial charge in [-0.25, -0.2) is 10.8 Å². The smallest absolute Gasteiger partial charge is 0.240 e. The lowest BCUT2D eigenvalue weighted by Gasteiger charge is -2.08. The minimum atomic E-state index is 0.421. The van der Waals surface area contributed by atoms with Gasteiger partial charge in [0, 0.05) is 29.7 Å². The number of nitrogen functional groups attached to an aromatic ring is 1. The van der Waals surface area contributed by atoms with E-state index in [-0.39, 0.29) is 0 Å². The van der Waals surface area contributed by atoms with Crippen molar-refractivity contribution in [1.82, 2.24) is 15.0 Å². The summed E-state index contributed by atoms with van der Waals surface area (Å²) in [6, 6.07) is 8.00. The van der Waals surface area contributed by atoms with Crippen LogP contribution in [-0.2, 0) is 6.42 Å². The minimum Gasteiger partial charge on any atom is -0.369 e. The van der Waals surface area contributed by atoms with Crippen LogP contribution in [0, 0.1) is 6.92 Å². The lowest BCUT2D eigenvalue weighted by atomic mass is 10.2. The van der Waals surface area contributed by atoms with E-state index in [0.29, 0.717) is 5.95 Å². The Kier molecular flexibility index (Phi) is 3.94. The number of pyridine rings is 1. The molecule has 3 aromatic rings. The lowest BCUT2D eigenvalue weighted by Crippen LogP contribution is -2.13. The second kappa shape index (κ2) is 6.02. The SMILES string of the molecule is Cc1cc2c(NCCc3ccccn3)nc(NN)nc2s1. The zero-order valence-electron chi connectivity index (χ0n) is 11.6. The molecule has 3 heterocycles. The molecule has 0 amide bonds. The Morgan fingerprint density at radius 2 is 2.19 bits per heavy atom. The van der Waals surface area contributed by atoms with Gasteiger partial charge >= 0.3 is 0 Å². The summed E-state index contributed by atoms with van der Waals surface area (Å²) in [4.78, 5) is 15.2. The Hall–Kier alpha value is -2.25. The second-order valence-electron chi connectivity index (χ2n) is 4.61. The third-order valence-corrected chi connectivity index (χ3v) is 3.99. The molecule has 3 rings (SSSR count). The molecule has 0 saturated heterocycles. The van der Waals surface area contributed by atoms with Crippen LogP contribution in [0.5, 0.6) is 0 Å². The molecule has 0 spiro atoms. The number of thiophene rings is 1. The highest BCUT2D eigenvalue weighted by Crippen LogP contribution is 2.29. The highest BCUT2D eigenvalue weighted by molar-refractivity contribution is 7.18. The van der Waals surface area contributed by atoms with Crippen LogP contribution in [0.3, 0.4) is 0 Å².